The highest BCUT2D eigenvalue weighted by atomic mass is 35.5. The topological polar surface area (TPSA) is 324 Å². The maximum Gasteiger partial charge on any atom is 0.333 e. The molecule has 72 heavy (non-hydrogen) atoms. The van der Waals surface area contributed by atoms with Crippen molar-refractivity contribution < 1.29 is 43.2 Å². The number of nitrogens with two attached hydrogens (primary N) is 1. The van der Waals surface area contributed by atoms with Crippen LogP contribution in [0.15, 0.2) is 80.4 Å². The van der Waals surface area contributed by atoms with E-state index in [4.69, 9.17) is 15.2 Å². The van der Waals surface area contributed by atoms with Gasteiger partial charge in [-0.25, -0.2) is 32.3 Å². The van der Waals surface area contributed by atoms with Crippen LogP contribution < -0.4 is 43.9 Å². The Kier molecular flexibility index (Phi) is 16.3. The normalized spacial score (nSPS) is 12.4. The molecule has 384 valence electrons. The lowest BCUT2D eigenvalue weighted by molar-refractivity contribution is -0.146. The Morgan fingerprint density at radius 2 is 1.03 bits per heavy atom. The SMILES string of the molecule is COc1ccc(F)cc1[C@@H](O)Cn1c(=O)n(C(C)(C)C(=O)O)c(=O)c2c(C)c(-n3nccn3)sc21.COc1ccc(F)cc1[C@@H](O)Cn1c(=O)n(C(C)(C)C(N)=O)c(=O)c2c(C)c(-n3nccn3)sc21.Cl.N. The van der Waals surface area contributed by atoms with E-state index in [1.54, 1.807) is 13.8 Å². The molecule has 0 saturated carbocycles. The highest BCUT2D eigenvalue weighted by Gasteiger charge is 2.37. The second kappa shape index (κ2) is 21.1. The Hall–Kier alpha value is -7.43. The third-order valence-corrected chi connectivity index (χ3v) is 14.2. The lowest BCUT2D eigenvalue weighted by Gasteiger charge is -2.25. The van der Waals surface area contributed by atoms with Crippen LogP contribution in [0.1, 0.15) is 62.2 Å². The zero-order valence-electron chi connectivity index (χ0n) is 39.7. The first-order valence-corrected chi connectivity index (χ1v) is 22.5. The first-order chi connectivity index (χ1) is 33.0. The molecule has 0 bridgehead atoms. The summed E-state index contributed by atoms with van der Waals surface area (Å²) in [5, 5.41) is 49.3. The van der Waals surface area contributed by atoms with Gasteiger partial charge in [0.2, 0.25) is 5.91 Å². The number of thiophene rings is 2. The van der Waals surface area contributed by atoms with Crippen molar-refractivity contribution in [3.63, 3.8) is 0 Å². The van der Waals surface area contributed by atoms with Gasteiger partial charge in [0.25, 0.3) is 11.1 Å². The van der Waals surface area contributed by atoms with Crippen molar-refractivity contribution >= 4 is 67.4 Å². The molecular weight excluding hydrogens is 1010 g/mol. The molecule has 8 N–H and O–H groups in total. The maximum atomic E-state index is 13.9. The summed E-state index contributed by atoms with van der Waals surface area (Å²) in [5.74, 6) is -3.08. The first-order valence-electron chi connectivity index (χ1n) is 20.9. The quantitative estimate of drug-likeness (QED) is 0.104. The Morgan fingerprint density at radius 1 is 0.681 bits per heavy atom. The predicted molar refractivity (Wildman–Crippen MR) is 264 cm³/mol. The third-order valence-electron chi connectivity index (χ3n) is 11.6. The van der Waals surface area contributed by atoms with Gasteiger partial charge in [0.05, 0.1) is 62.9 Å². The molecule has 0 radical (unpaired) electrons. The van der Waals surface area contributed by atoms with Gasteiger partial charge < -0.3 is 36.7 Å². The van der Waals surface area contributed by atoms with Gasteiger partial charge in [-0.05, 0) is 77.9 Å². The Bertz CT molecular complexity index is 3350. The van der Waals surface area contributed by atoms with E-state index in [0.717, 1.165) is 43.9 Å². The van der Waals surface area contributed by atoms with Gasteiger partial charge in [-0.3, -0.25) is 23.5 Å². The second-order valence-corrected chi connectivity index (χ2v) is 18.7. The van der Waals surface area contributed by atoms with Crippen LogP contribution >= 0.6 is 35.1 Å². The van der Waals surface area contributed by atoms with Crippen LogP contribution in [0.4, 0.5) is 8.78 Å². The monoisotopic (exact) mass is 1060 g/mol. The van der Waals surface area contributed by atoms with Crippen LogP contribution in [0.3, 0.4) is 0 Å². The van der Waals surface area contributed by atoms with E-state index >= 15 is 0 Å². The van der Waals surface area contributed by atoms with Gasteiger partial charge in [0.1, 0.15) is 66.1 Å². The molecule has 23 nitrogen and oxygen atoms in total. The highest BCUT2D eigenvalue weighted by Crippen LogP contribution is 2.35. The molecule has 0 aliphatic rings. The van der Waals surface area contributed by atoms with Crippen molar-refractivity contribution in [1.82, 2.24) is 54.4 Å². The average molecular weight is 1060 g/mol. The molecule has 6 heterocycles. The molecule has 0 aliphatic heterocycles. The molecule has 0 fully saturated rings. The van der Waals surface area contributed by atoms with Gasteiger partial charge in [0.15, 0.2) is 0 Å². The smallest absolute Gasteiger partial charge is 0.333 e. The minimum absolute atomic E-state index is 0. The fourth-order valence-corrected chi connectivity index (χ4v) is 10.1. The molecule has 8 aromatic rings. The van der Waals surface area contributed by atoms with Crippen LogP contribution in [0.2, 0.25) is 0 Å². The van der Waals surface area contributed by atoms with Crippen molar-refractivity contribution in [2.24, 2.45) is 5.73 Å². The average Bonchev–Trinajstić information content (AvgIpc) is 4.14. The number of methoxy groups -OCH3 is 2. The van der Waals surface area contributed by atoms with E-state index in [1.165, 1.54) is 105 Å². The number of aliphatic carboxylic acids is 1. The molecular formula is C44H49ClF2N12O11S2. The lowest BCUT2D eigenvalue weighted by Crippen LogP contribution is -2.54. The summed E-state index contributed by atoms with van der Waals surface area (Å²) in [6.45, 7) is 7.72. The number of carbonyl (C=O) groups is 2. The summed E-state index contributed by atoms with van der Waals surface area (Å²) in [6.07, 6.45) is 3.01. The van der Waals surface area contributed by atoms with Gasteiger partial charge in [-0.1, -0.05) is 22.7 Å². The number of carboxylic acid groups (broad SMARTS) is 1. The number of halogens is 3. The molecule has 0 spiro atoms. The first kappa shape index (κ1) is 55.5. The summed E-state index contributed by atoms with van der Waals surface area (Å²) in [6, 6.07) is 7.25. The number of nitrogens with zero attached hydrogens (tertiary/aromatic N) is 10. The number of amides is 1. The van der Waals surface area contributed by atoms with Crippen molar-refractivity contribution in [3.8, 4) is 21.5 Å². The van der Waals surface area contributed by atoms with Crippen molar-refractivity contribution in [2.75, 3.05) is 14.2 Å². The zero-order valence-corrected chi connectivity index (χ0v) is 42.1. The van der Waals surface area contributed by atoms with Gasteiger partial charge in [0, 0.05) is 22.3 Å². The maximum absolute atomic E-state index is 13.9. The molecule has 6 aromatic heterocycles. The zero-order chi connectivity index (χ0) is 51.3. The number of aryl methyl sites for hydroxylation is 2. The lowest BCUT2D eigenvalue weighted by atomic mass is 10.0. The Balaban J connectivity index is 0.000000260. The summed E-state index contributed by atoms with van der Waals surface area (Å²) in [4.78, 5) is 81.4. The number of aromatic nitrogens is 10. The molecule has 0 saturated heterocycles. The largest absolute Gasteiger partial charge is 0.496 e. The number of hydrogen-bond donors (Lipinski definition) is 5. The van der Waals surface area contributed by atoms with Crippen LogP contribution in [-0.4, -0.2) is 89.7 Å². The number of aliphatic hydroxyl groups excluding tert-OH is 2. The van der Waals surface area contributed by atoms with Gasteiger partial charge >= 0.3 is 17.3 Å². The van der Waals surface area contributed by atoms with Crippen molar-refractivity contribution in [2.45, 2.75) is 77.9 Å². The van der Waals surface area contributed by atoms with Gasteiger partial charge in [-0.2, -0.15) is 20.4 Å². The van der Waals surface area contributed by atoms with E-state index in [1.807, 2.05) is 0 Å². The Morgan fingerprint density at radius 3 is 1.35 bits per heavy atom. The van der Waals surface area contributed by atoms with Crippen molar-refractivity contribution in [3.05, 3.63) is 137 Å². The number of fused-ring (bicyclic) bond motifs is 2. The number of benzene rings is 2. The number of primary amides is 1. The van der Waals surface area contributed by atoms with E-state index < -0.39 is 75.8 Å². The van der Waals surface area contributed by atoms with E-state index in [-0.39, 0.29) is 68.2 Å². The molecule has 0 unspecified atom stereocenters. The third kappa shape index (κ3) is 9.68. The number of ether oxygens (including phenoxy) is 2. The fraction of sp³-hybridized carbons (Fsp3) is 0.318. The van der Waals surface area contributed by atoms with Gasteiger partial charge in [-0.15, -0.1) is 22.0 Å². The molecule has 0 aliphatic carbocycles. The molecule has 1 amide bonds. The van der Waals surface area contributed by atoms with Crippen molar-refractivity contribution in [1.29, 1.82) is 0 Å². The van der Waals surface area contributed by atoms with Crippen LogP contribution in [0, 0.1) is 25.5 Å². The minimum atomic E-state index is -1.90. The van der Waals surface area contributed by atoms with E-state index in [9.17, 15) is 52.9 Å². The minimum Gasteiger partial charge on any atom is -0.496 e. The molecule has 2 atom stereocenters. The number of carbonyl (C=O) groups excluding carboxylic acids is 1. The highest BCUT2D eigenvalue weighted by molar-refractivity contribution is 7.21. The van der Waals surface area contributed by atoms with Crippen LogP contribution in [0.5, 0.6) is 11.5 Å². The molecule has 2 aromatic carbocycles. The summed E-state index contributed by atoms with van der Waals surface area (Å²) in [7, 11) is 2.73. The van der Waals surface area contributed by atoms with Crippen LogP contribution in [-0.2, 0) is 33.8 Å². The Labute approximate surface area is 419 Å². The summed E-state index contributed by atoms with van der Waals surface area (Å²) < 4.78 is 42.0. The number of carboxylic acids is 1. The van der Waals surface area contributed by atoms with Crippen LogP contribution in [0.25, 0.3) is 30.4 Å². The molecule has 8 rings (SSSR count). The standard InChI is InChI=1S/C22H23FN6O5S.C22H22FN5O6S.ClH.H3N/c1-11-16-17(31)28(22(2,3)20(24)32)21(33)27(19(16)35-18(11)29-25-7-8-26-29)10-14(30)13-9-12(23)5-6-15(13)34-4;1-11-16-17(30)27(22(2,3)20(31)32)21(33)26(19(16)35-18(11)28-24-7-8-25-28)10-14(29)13-9-12(23)5-6-15(13)34-4;;/h5-9,14,30H,10H2,1-4H3,(H2,24,32);5-9,14,29H,10H2,1-4H3,(H,31,32);1H;1H3/t2*14-;;/m00../s1. The molecule has 28 heteroatoms. The summed E-state index contributed by atoms with van der Waals surface area (Å²) >= 11 is 2.11. The number of hydrogen-bond acceptors (Lipinski definition) is 17. The number of rotatable bonds is 14. The fourth-order valence-electron chi connectivity index (χ4n) is 7.68. The van der Waals surface area contributed by atoms with E-state index in [2.05, 4.69) is 20.4 Å². The predicted octanol–water partition coefficient (Wildman–Crippen LogP) is 3.61. The van der Waals surface area contributed by atoms with E-state index in [0.29, 0.717) is 25.7 Å². The summed E-state index contributed by atoms with van der Waals surface area (Å²) in [5.41, 5.74) is -0.237. The number of aliphatic hydroxyl groups is 2. The second-order valence-electron chi connectivity index (χ2n) is 16.7.